The van der Waals surface area contributed by atoms with Gasteiger partial charge in [-0.15, -0.1) is 13.2 Å². The number of nitrogens with one attached hydrogen (secondary N) is 1. The Morgan fingerprint density at radius 3 is 2.74 bits per heavy atom. The number of carbonyl (C=O) groups excluding carboxylic acids is 2. The van der Waals surface area contributed by atoms with Gasteiger partial charge in [0.2, 0.25) is 5.91 Å². The summed E-state index contributed by atoms with van der Waals surface area (Å²) in [5.74, 6) is -0.192. The zero-order valence-corrected chi connectivity index (χ0v) is 14.8. The van der Waals surface area contributed by atoms with Crippen molar-refractivity contribution in [1.29, 1.82) is 0 Å². The number of nitrogens with zero attached hydrogens (tertiary/aromatic N) is 1. The molecular formula is C18H21F3N2O4. The molecule has 6 nitrogen and oxygen atoms in total. The summed E-state index contributed by atoms with van der Waals surface area (Å²) in [6.45, 7) is 1.61. The molecule has 1 aromatic carbocycles. The molecule has 1 aromatic rings. The van der Waals surface area contributed by atoms with Gasteiger partial charge in [0.15, 0.2) is 0 Å². The Morgan fingerprint density at radius 1 is 1.26 bits per heavy atom. The van der Waals surface area contributed by atoms with Crippen LogP contribution in [0.5, 0.6) is 11.5 Å². The maximum atomic E-state index is 12.9. The molecule has 0 aliphatic carbocycles. The Hall–Kier alpha value is -2.45. The van der Waals surface area contributed by atoms with Gasteiger partial charge in [0.05, 0.1) is 12.7 Å². The number of alkyl halides is 3. The molecule has 0 bridgehead atoms. The summed E-state index contributed by atoms with van der Waals surface area (Å²) >= 11 is 0. The van der Waals surface area contributed by atoms with Crippen LogP contribution in [-0.2, 0) is 4.79 Å². The average Bonchev–Trinajstić information content (AvgIpc) is 2.79. The van der Waals surface area contributed by atoms with E-state index in [4.69, 9.17) is 4.74 Å². The molecule has 2 unspecified atom stereocenters. The summed E-state index contributed by atoms with van der Waals surface area (Å²) < 4.78 is 46.1. The molecule has 2 aliphatic heterocycles. The number of rotatable bonds is 3. The van der Waals surface area contributed by atoms with Crippen LogP contribution in [0.1, 0.15) is 29.6 Å². The highest BCUT2D eigenvalue weighted by Gasteiger charge is 2.35. The maximum absolute atomic E-state index is 12.9. The maximum Gasteiger partial charge on any atom is 0.573 e. The first-order valence-electron chi connectivity index (χ1n) is 8.76. The average molecular weight is 386 g/mol. The van der Waals surface area contributed by atoms with Crippen molar-refractivity contribution in [3.8, 4) is 11.5 Å². The van der Waals surface area contributed by atoms with Gasteiger partial charge in [-0.25, -0.2) is 0 Å². The van der Waals surface area contributed by atoms with Crippen molar-refractivity contribution in [2.45, 2.75) is 25.6 Å². The van der Waals surface area contributed by atoms with Gasteiger partial charge in [-0.3, -0.25) is 9.59 Å². The molecule has 0 spiro atoms. The lowest BCUT2D eigenvalue weighted by molar-refractivity contribution is -0.274. The van der Waals surface area contributed by atoms with Crippen LogP contribution in [0.4, 0.5) is 13.2 Å². The number of piperidine rings is 1. The summed E-state index contributed by atoms with van der Waals surface area (Å²) in [6, 6.07) is 3.44. The first-order valence-corrected chi connectivity index (χ1v) is 8.76. The molecule has 9 heteroatoms. The van der Waals surface area contributed by atoms with E-state index in [1.54, 1.807) is 4.90 Å². The molecule has 2 amide bonds. The number of carbonyl (C=O) groups is 2. The van der Waals surface area contributed by atoms with E-state index in [-0.39, 0.29) is 35.0 Å². The normalized spacial score (nSPS) is 23.1. The van der Waals surface area contributed by atoms with Gasteiger partial charge in [-0.2, -0.15) is 0 Å². The third-order valence-electron chi connectivity index (χ3n) is 5.10. The molecule has 0 aromatic heterocycles. The Balaban J connectivity index is 1.74. The number of amides is 2. The van der Waals surface area contributed by atoms with Gasteiger partial charge < -0.3 is 19.7 Å². The number of benzene rings is 1. The largest absolute Gasteiger partial charge is 0.573 e. The van der Waals surface area contributed by atoms with Crippen molar-refractivity contribution in [3.05, 3.63) is 23.8 Å². The summed E-state index contributed by atoms with van der Waals surface area (Å²) in [5, 5.41) is 2.85. The minimum Gasteiger partial charge on any atom is -0.496 e. The first kappa shape index (κ1) is 19.3. The van der Waals surface area contributed by atoms with Crippen LogP contribution in [0, 0.1) is 11.8 Å². The lowest BCUT2D eigenvalue weighted by Crippen LogP contribution is -2.44. The lowest BCUT2D eigenvalue weighted by atomic mass is 9.82. The van der Waals surface area contributed by atoms with Crippen molar-refractivity contribution in [1.82, 2.24) is 10.2 Å². The van der Waals surface area contributed by atoms with Crippen LogP contribution in [0.25, 0.3) is 0 Å². The number of likely N-dealkylation sites (tertiary alicyclic amines) is 1. The van der Waals surface area contributed by atoms with E-state index < -0.39 is 12.1 Å². The Kier molecular flexibility index (Phi) is 5.48. The number of fused-ring (bicyclic) bond motifs is 1. The third kappa shape index (κ3) is 4.64. The van der Waals surface area contributed by atoms with E-state index in [9.17, 15) is 22.8 Å². The highest BCUT2D eigenvalue weighted by molar-refractivity contribution is 5.97. The quantitative estimate of drug-likeness (QED) is 0.867. The highest BCUT2D eigenvalue weighted by Crippen LogP contribution is 2.33. The zero-order chi connectivity index (χ0) is 19.6. The second-order valence-electron chi connectivity index (χ2n) is 6.81. The van der Waals surface area contributed by atoms with Gasteiger partial charge in [-0.1, -0.05) is 0 Å². The predicted octanol–water partition coefficient (Wildman–Crippen LogP) is 2.58. The van der Waals surface area contributed by atoms with E-state index in [0.29, 0.717) is 26.1 Å². The van der Waals surface area contributed by atoms with Crippen LogP contribution in [-0.4, -0.2) is 49.8 Å². The van der Waals surface area contributed by atoms with Crippen LogP contribution < -0.4 is 14.8 Å². The van der Waals surface area contributed by atoms with Gasteiger partial charge in [0, 0.05) is 32.1 Å². The Morgan fingerprint density at radius 2 is 2.04 bits per heavy atom. The highest BCUT2D eigenvalue weighted by atomic mass is 19.4. The van der Waals surface area contributed by atoms with Crippen molar-refractivity contribution < 1.29 is 32.2 Å². The summed E-state index contributed by atoms with van der Waals surface area (Å²) in [4.78, 5) is 26.3. The topological polar surface area (TPSA) is 67.9 Å². The van der Waals surface area contributed by atoms with Crippen molar-refractivity contribution in [2.24, 2.45) is 11.8 Å². The lowest BCUT2D eigenvalue weighted by Gasteiger charge is -2.37. The minimum atomic E-state index is -4.82. The smallest absolute Gasteiger partial charge is 0.496 e. The molecule has 148 valence electrons. The second-order valence-corrected chi connectivity index (χ2v) is 6.81. The van der Waals surface area contributed by atoms with E-state index in [0.717, 1.165) is 25.0 Å². The molecule has 0 saturated carbocycles. The molecule has 2 heterocycles. The van der Waals surface area contributed by atoms with Crippen LogP contribution in [0.2, 0.25) is 0 Å². The molecule has 1 N–H and O–H groups in total. The number of hydrogen-bond acceptors (Lipinski definition) is 4. The number of methoxy groups -OCH3 is 1. The van der Waals surface area contributed by atoms with Crippen LogP contribution in [0.15, 0.2) is 18.2 Å². The zero-order valence-electron chi connectivity index (χ0n) is 14.8. The Labute approximate surface area is 154 Å². The van der Waals surface area contributed by atoms with Crippen LogP contribution >= 0.6 is 0 Å². The molecule has 2 atom stereocenters. The molecule has 2 aliphatic rings. The Bertz CT molecular complexity index is 723. The molecule has 3 rings (SSSR count). The van der Waals surface area contributed by atoms with Gasteiger partial charge in [0.25, 0.3) is 5.91 Å². The van der Waals surface area contributed by atoms with Crippen molar-refractivity contribution >= 4 is 11.8 Å². The fourth-order valence-corrected chi connectivity index (χ4v) is 3.78. The summed E-state index contributed by atoms with van der Waals surface area (Å²) in [6.07, 6.45) is -2.82. The number of halogens is 3. The molecule has 2 saturated heterocycles. The fraction of sp³-hybridized carbons (Fsp3) is 0.556. The van der Waals surface area contributed by atoms with Gasteiger partial charge in [0.1, 0.15) is 11.5 Å². The second kappa shape index (κ2) is 7.66. The fourth-order valence-electron chi connectivity index (χ4n) is 3.78. The van der Waals surface area contributed by atoms with Gasteiger partial charge in [-0.05, 0) is 36.8 Å². The van der Waals surface area contributed by atoms with E-state index >= 15 is 0 Å². The van der Waals surface area contributed by atoms with E-state index in [2.05, 4.69) is 10.1 Å². The minimum absolute atomic E-state index is 0.0292. The van der Waals surface area contributed by atoms with Gasteiger partial charge >= 0.3 is 6.36 Å². The SMILES string of the molecule is COc1cc(OC(F)(F)F)ccc1C(=O)N1CCC2CC(=O)NCCC2C1. The van der Waals surface area contributed by atoms with Crippen molar-refractivity contribution in [2.75, 3.05) is 26.7 Å². The van der Waals surface area contributed by atoms with Crippen LogP contribution in [0.3, 0.4) is 0 Å². The summed E-state index contributed by atoms with van der Waals surface area (Å²) in [7, 11) is 1.29. The first-order chi connectivity index (χ1) is 12.8. The molecule has 0 radical (unpaired) electrons. The third-order valence-corrected chi connectivity index (χ3v) is 5.10. The molecule has 27 heavy (non-hydrogen) atoms. The van der Waals surface area contributed by atoms with E-state index in [1.165, 1.54) is 13.2 Å². The summed E-state index contributed by atoms with van der Waals surface area (Å²) in [5.41, 5.74) is 0.188. The number of hydrogen-bond donors (Lipinski definition) is 1. The monoisotopic (exact) mass is 386 g/mol. The predicted molar refractivity (Wildman–Crippen MR) is 89.4 cm³/mol. The molecular weight excluding hydrogens is 365 g/mol. The van der Waals surface area contributed by atoms with E-state index in [1.807, 2.05) is 0 Å². The van der Waals surface area contributed by atoms with Crippen molar-refractivity contribution in [3.63, 3.8) is 0 Å². The molecule has 2 fully saturated rings. The number of ether oxygens (including phenoxy) is 2. The standard InChI is InChI=1S/C18H21F3N2O4/c1-26-15-9-13(27-18(19,20)21)2-3-14(15)17(25)23-7-5-11-8-16(24)22-6-4-12(11)10-23/h2-3,9,11-12H,4-8,10H2,1H3,(H,22,24).